The van der Waals surface area contributed by atoms with Gasteiger partial charge >= 0.3 is 0 Å². The van der Waals surface area contributed by atoms with Crippen LogP contribution in [0.25, 0.3) is 21.5 Å². The van der Waals surface area contributed by atoms with Gasteiger partial charge < -0.3 is 9.47 Å². The quantitative estimate of drug-likeness (QED) is 0.804. The number of fused-ring (bicyclic) bond motifs is 1. The van der Waals surface area contributed by atoms with Crippen molar-refractivity contribution >= 4 is 21.6 Å². The lowest BCUT2D eigenvalue weighted by atomic mass is 10.1. The minimum Gasteiger partial charge on any atom is -0.493 e. The zero-order valence-electron chi connectivity index (χ0n) is 11.8. The monoisotopic (exact) mass is 303 g/mol. The molecule has 0 amide bonds. The van der Waals surface area contributed by atoms with Crippen molar-refractivity contribution in [3.05, 3.63) is 33.6 Å². The molecule has 0 saturated carbocycles. The first-order valence-electron chi connectivity index (χ1n) is 6.22. The highest BCUT2D eigenvalue weighted by molar-refractivity contribution is 7.19. The molecule has 7 heteroatoms. The average Bonchev–Trinajstić information content (AvgIpc) is 2.89. The highest BCUT2D eigenvalue weighted by Gasteiger charge is 2.15. The number of nitrogens with one attached hydrogen (secondary N) is 1. The Labute approximate surface area is 124 Å². The van der Waals surface area contributed by atoms with Crippen LogP contribution in [0.3, 0.4) is 0 Å². The number of rotatable bonds is 3. The van der Waals surface area contributed by atoms with Gasteiger partial charge in [-0.2, -0.15) is 5.10 Å². The molecule has 3 rings (SSSR count). The van der Waals surface area contributed by atoms with Gasteiger partial charge in [0.25, 0.3) is 5.56 Å². The SMILES string of the molecule is COc1ccc(-c2n[nH]c(=O)c3nc(C)sc23)cc1OC. The maximum atomic E-state index is 11.8. The fourth-order valence-corrected chi connectivity index (χ4v) is 3.06. The maximum absolute atomic E-state index is 11.8. The highest BCUT2D eigenvalue weighted by atomic mass is 32.1. The largest absolute Gasteiger partial charge is 0.493 e. The lowest BCUT2D eigenvalue weighted by Crippen LogP contribution is -2.09. The molecule has 0 aliphatic heterocycles. The fourth-order valence-electron chi connectivity index (χ4n) is 2.13. The molecule has 0 aliphatic carbocycles. The van der Waals surface area contributed by atoms with Crippen LogP contribution in [0.2, 0.25) is 0 Å². The summed E-state index contributed by atoms with van der Waals surface area (Å²) in [5, 5.41) is 7.47. The predicted molar refractivity (Wildman–Crippen MR) is 81.3 cm³/mol. The van der Waals surface area contributed by atoms with Gasteiger partial charge in [0.1, 0.15) is 5.69 Å². The van der Waals surface area contributed by atoms with Gasteiger partial charge in [0.05, 0.1) is 23.9 Å². The first kappa shape index (κ1) is 13.6. The molecule has 1 aromatic carbocycles. The molecule has 0 fully saturated rings. The molecule has 0 unspecified atom stereocenters. The van der Waals surface area contributed by atoms with Crippen LogP contribution in [0, 0.1) is 6.92 Å². The Balaban J connectivity index is 2.25. The summed E-state index contributed by atoms with van der Waals surface area (Å²) in [7, 11) is 3.16. The van der Waals surface area contributed by atoms with Crippen molar-refractivity contribution in [1.29, 1.82) is 0 Å². The maximum Gasteiger partial charge on any atom is 0.291 e. The number of aromatic nitrogens is 3. The van der Waals surface area contributed by atoms with Gasteiger partial charge in [-0.3, -0.25) is 4.79 Å². The van der Waals surface area contributed by atoms with Crippen molar-refractivity contribution < 1.29 is 9.47 Å². The molecular formula is C14H13N3O3S. The lowest BCUT2D eigenvalue weighted by Gasteiger charge is -2.09. The molecular weight excluding hydrogens is 290 g/mol. The second-order valence-corrected chi connectivity index (χ2v) is 5.58. The van der Waals surface area contributed by atoms with Crippen molar-refractivity contribution in [3.8, 4) is 22.8 Å². The molecule has 2 aromatic heterocycles. The van der Waals surface area contributed by atoms with Gasteiger partial charge in [0.15, 0.2) is 17.0 Å². The Morgan fingerprint density at radius 3 is 2.67 bits per heavy atom. The van der Waals surface area contributed by atoms with Gasteiger partial charge in [0.2, 0.25) is 0 Å². The smallest absolute Gasteiger partial charge is 0.291 e. The third-order valence-corrected chi connectivity index (χ3v) is 4.07. The van der Waals surface area contributed by atoms with E-state index in [1.54, 1.807) is 20.3 Å². The first-order valence-corrected chi connectivity index (χ1v) is 7.04. The number of ether oxygens (including phenoxy) is 2. The summed E-state index contributed by atoms with van der Waals surface area (Å²) in [5.74, 6) is 1.25. The Hall–Kier alpha value is -2.41. The molecule has 21 heavy (non-hydrogen) atoms. The van der Waals surface area contributed by atoms with Crippen LogP contribution in [-0.4, -0.2) is 29.4 Å². The van der Waals surface area contributed by atoms with E-state index in [9.17, 15) is 4.79 Å². The Bertz CT molecular complexity index is 870. The number of benzene rings is 1. The van der Waals surface area contributed by atoms with Gasteiger partial charge in [-0.25, -0.2) is 10.1 Å². The topological polar surface area (TPSA) is 77.1 Å². The fraction of sp³-hybridized carbons (Fsp3) is 0.214. The number of hydrogen-bond donors (Lipinski definition) is 1. The van der Waals surface area contributed by atoms with E-state index in [2.05, 4.69) is 15.2 Å². The Morgan fingerprint density at radius 2 is 1.95 bits per heavy atom. The Kier molecular flexibility index (Phi) is 3.34. The van der Waals surface area contributed by atoms with E-state index in [1.807, 2.05) is 19.1 Å². The van der Waals surface area contributed by atoms with Crippen molar-refractivity contribution in [2.24, 2.45) is 0 Å². The van der Waals surface area contributed by atoms with E-state index >= 15 is 0 Å². The van der Waals surface area contributed by atoms with Crippen LogP contribution in [0.15, 0.2) is 23.0 Å². The van der Waals surface area contributed by atoms with Crippen LogP contribution in [0.4, 0.5) is 0 Å². The van der Waals surface area contributed by atoms with Crippen LogP contribution in [0.1, 0.15) is 5.01 Å². The number of methoxy groups -OCH3 is 2. The Morgan fingerprint density at radius 1 is 1.19 bits per heavy atom. The molecule has 6 nitrogen and oxygen atoms in total. The molecule has 108 valence electrons. The summed E-state index contributed by atoms with van der Waals surface area (Å²) in [5.41, 5.74) is 1.64. The number of aromatic amines is 1. The molecule has 1 N–H and O–H groups in total. The minimum absolute atomic E-state index is 0.279. The van der Waals surface area contributed by atoms with Crippen LogP contribution >= 0.6 is 11.3 Å². The summed E-state index contributed by atoms with van der Waals surface area (Å²) in [4.78, 5) is 16.0. The number of aryl methyl sites for hydroxylation is 1. The van der Waals surface area contributed by atoms with Crippen molar-refractivity contribution in [1.82, 2.24) is 15.2 Å². The van der Waals surface area contributed by atoms with E-state index in [1.165, 1.54) is 11.3 Å². The zero-order valence-corrected chi connectivity index (χ0v) is 12.6. The molecule has 0 bridgehead atoms. The normalized spacial score (nSPS) is 10.8. The molecule has 0 radical (unpaired) electrons. The number of thiazole rings is 1. The van der Waals surface area contributed by atoms with Crippen LogP contribution in [-0.2, 0) is 0 Å². The van der Waals surface area contributed by atoms with Crippen LogP contribution in [0.5, 0.6) is 11.5 Å². The van der Waals surface area contributed by atoms with E-state index in [-0.39, 0.29) is 5.56 Å². The van der Waals surface area contributed by atoms with E-state index < -0.39 is 0 Å². The van der Waals surface area contributed by atoms with Crippen molar-refractivity contribution in [2.45, 2.75) is 6.92 Å². The molecule has 0 saturated heterocycles. The molecule has 0 spiro atoms. The van der Waals surface area contributed by atoms with Crippen molar-refractivity contribution in [2.75, 3.05) is 14.2 Å². The first-order chi connectivity index (χ1) is 10.1. The van der Waals surface area contributed by atoms with Crippen molar-refractivity contribution in [3.63, 3.8) is 0 Å². The predicted octanol–water partition coefficient (Wildman–Crippen LogP) is 2.37. The second-order valence-electron chi connectivity index (χ2n) is 4.38. The van der Waals surface area contributed by atoms with E-state index in [0.29, 0.717) is 22.7 Å². The molecule has 0 aliphatic rings. The lowest BCUT2D eigenvalue weighted by molar-refractivity contribution is 0.355. The zero-order chi connectivity index (χ0) is 15.0. The van der Waals surface area contributed by atoms with Crippen LogP contribution < -0.4 is 15.0 Å². The van der Waals surface area contributed by atoms with E-state index in [4.69, 9.17) is 9.47 Å². The number of H-pyrrole nitrogens is 1. The van der Waals surface area contributed by atoms with Gasteiger partial charge in [-0.05, 0) is 25.1 Å². The minimum atomic E-state index is -0.279. The third-order valence-electron chi connectivity index (χ3n) is 3.09. The number of nitrogens with zero attached hydrogens (tertiary/aromatic N) is 2. The van der Waals surface area contributed by atoms with Gasteiger partial charge in [-0.1, -0.05) is 0 Å². The summed E-state index contributed by atoms with van der Waals surface area (Å²) in [6.07, 6.45) is 0. The van der Waals surface area contributed by atoms with E-state index in [0.717, 1.165) is 15.3 Å². The molecule has 3 aromatic rings. The third kappa shape index (κ3) is 2.25. The van der Waals surface area contributed by atoms with Gasteiger partial charge in [0, 0.05) is 5.56 Å². The number of hydrogen-bond acceptors (Lipinski definition) is 6. The standard InChI is InChI=1S/C14H13N3O3S/c1-7-15-12-13(21-7)11(16-17-14(12)18)8-4-5-9(19-2)10(6-8)20-3/h4-6H,1-3H3,(H,17,18). The summed E-state index contributed by atoms with van der Waals surface area (Å²) >= 11 is 1.45. The second kappa shape index (κ2) is 5.17. The summed E-state index contributed by atoms with van der Waals surface area (Å²) in [6, 6.07) is 5.51. The average molecular weight is 303 g/mol. The molecule has 2 heterocycles. The van der Waals surface area contributed by atoms with Gasteiger partial charge in [-0.15, -0.1) is 11.3 Å². The summed E-state index contributed by atoms with van der Waals surface area (Å²) < 4.78 is 11.3. The molecule has 0 atom stereocenters. The summed E-state index contributed by atoms with van der Waals surface area (Å²) in [6.45, 7) is 1.86. The highest BCUT2D eigenvalue weighted by Crippen LogP contribution is 2.34.